The summed E-state index contributed by atoms with van der Waals surface area (Å²) >= 11 is 5.42. The Balaban J connectivity index is 0.00000169. The second kappa shape index (κ2) is 76.3. The number of hydrogen-bond donors (Lipinski definition) is 11. The van der Waals surface area contributed by atoms with E-state index >= 15 is 0 Å². The fourth-order valence-electron chi connectivity index (χ4n) is 12.6. The number of hydroxylamine groups is 1. The van der Waals surface area contributed by atoms with Crippen molar-refractivity contribution in [1.29, 1.82) is 0 Å². The first kappa shape index (κ1) is 133. The molecule has 6 aromatic heterocycles. The number of nitrogens with two attached hydrogens (primary N) is 1. The van der Waals surface area contributed by atoms with Gasteiger partial charge in [0.05, 0.1) is 67.4 Å². The zero-order valence-electron chi connectivity index (χ0n) is 87.3. The Labute approximate surface area is 888 Å². The molecule has 0 spiro atoms. The maximum Gasteiger partial charge on any atom is 1.00 e. The summed E-state index contributed by atoms with van der Waals surface area (Å²) in [6, 6.07) is 30.1. The first-order valence-electron chi connectivity index (χ1n) is 47.0. The molecular weight excluding hydrogens is 1920 g/mol. The van der Waals surface area contributed by atoms with Gasteiger partial charge in [0.2, 0.25) is 35.0 Å². The molecule has 0 saturated heterocycles. The molecule has 0 aliphatic rings. The van der Waals surface area contributed by atoms with Gasteiger partial charge in [0.15, 0.2) is 0 Å². The Morgan fingerprint density at radius 3 is 0.939 bits per heavy atom. The van der Waals surface area contributed by atoms with Gasteiger partial charge >= 0.3 is 71.1 Å². The number of aromatic nitrogens is 12. The minimum absolute atomic E-state index is 0. The average Bonchev–Trinajstić information content (AvgIpc) is 0.852. The van der Waals surface area contributed by atoms with Crippen LogP contribution in [0.5, 0.6) is 0 Å². The topological polar surface area (TPSA) is 570 Å². The van der Waals surface area contributed by atoms with Crippen molar-refractivity contribution in [3.05, 3.63) is 270 Å². The second-order valence-electron chi connectivity index (χ2n) is 32.1. The maximum atomic E-state index is 12.5. The van der Waals surface area contributed by atoms with E-state index in [-0.39, 0.29) is 95.1 Å². The van der Waals surface area contributed by atoms with Crippen molar-refractivity contribution < 1.29 is 117 Å². The van der Waals surface area contributed by atoms with Gasteiger partial charge in [0.25, 0.3) is 11.8 Å². The molecule has 0 aliphatic heterocycles. The van der Waals surface area contributed by atoms with Gasteiger partial charge < -0.3 is 86.5 Å². The van der Waals surface area contributed by atoms with Crippen molar-refractivity contribution in [2.75, 3.05) is 108 Å². The van der Waals surface area contributed by atoms with Gasteiger partial charge in [0.1, 0.15) is 0 Å². The van der Waals surface area contributed by atoms with Crippen LogP contribution in [0.25, 0.3) is 0 Å². The van der Waals surface area contributed by atoms with Gasteiger partial charge in [-0.3, -0.25) is 29.2 Å². The van der Waals surface area contributed by atoms with Crippen LogP contribution in [0.1, 0.15) is 249 Å². The number of carboxylic acids is 1. The summed E-state index contributed by atoms with van der Waals surface area (Å²) < 4.78 is 23.4. The number of amides is 3. The molecule has 0 radical (unpaired) electrons. The van der Waals surface area contributed by atoms with Crippen LogP contribution < -0.4 is 73.0 Å². The summed E-state index contributed by atoms with van der Waals surface area (Å²) in [6.07, 6.45) is 29.5. The number of nitrogens with one attached hydrogen (secondary N) is 7. The molecule has 11 rings (SSSR count). The fourth-order valence-corrected chi connectivity index (χ4v) is 12.7. The van der Waals surface area contributed by atoms with Crippen LogP contribution in [0.3, 0.4) is 0 Å². The van der Waals surface area contributed by atoms with Crippen LogP contribution in [-0.4, -0.2) is 225 Å². The standard InChI is InChI=1S/C22H30N4O3.C21H29N5O3.C15H17N3O2.C13H13N3O2.C9H19NO2.C8H11N.C7H7ClN2O2.C7H8N2O3.C2H6O.CH4.Na.H2O/c1-16-10-9-11-17(2)20(16)25-22-23-14-18(15-24-22)21(28)26(3)13-8-6-5-7-12-19(27)29-4;1-15-9-8-10-16(2)19(15)24-21-22-13-17(14-23-21)20(28)26(3)12-7-5-4-6-11-18(27)25-29;1-4-20-14(19)12-8-16-15(17-9-12)18-13-10(2)6-5-7-11(13)3;1-8-4-3-5-9(2)11(8)16-13-14-6-10(7-15-13)12(17)18;1-10-8-6-4-3-5-7-9(11)12-2;1-6-4-3-5-7(2)8(6)9;1-2-12-6(11)5-3-9-7(8)10-4-5;1-2-12-6(10)5-3-8-7(11)9-4-5;1-2-3;;;/h9-11,14-15H,5-8,12-13H2,1-4H3,(H,23,24,25);8-10,13-14,29H,4-7,11-12H2,1-3H3,(H,25,27)(H,22,23,24);5-9H,4H2,1-3H3,(H,16,17,18);3-7H,1-2H3,(H,17,18)(H,14,15,16);10H,3-8H2,1-2H3;3-5H,9H2,1-2H3;3-4H,2H2,1H3;3-4H,2H2,1H3,(H,8,9,11);3H,2H2,1H3;1H4;;1H2/q;;;;;;;;;;+1;/p-1. The first-order valence-corrected chi connectivity index (χ1v) is 47.4. The summed E-state index contributed by atoms with van der Waals surface area (Å²) in [5, 5.41) is 40.6. The van der Waals surface area contributed by atoms with Crippen LogP contribution in [0.15, 0.2) is 170 Å². The van der Waals surface area contributed by atoms with Gasteiger partial charge in [-0.05, 0) is 216 Å². The number of aromatic carboxylic acids is 1. The zero-order chi connectivity index (χ0) is 107. The summed E-state index contributed by atoms with van der Waals surface area (Å²) in [7, 11) is 8.32. The van der Waals surface area contributed by atoms with E-state index in [2.05, 4.69) is 101 Å². The number of carbonyl (C=O) groups is 9. The summed E-state index contributed by atoms with van der Waals surface area (Å²) in [5.41, 5.74) is 24.6. The molecule has 0 atom stereocenters. The molecule has 0 unspecified atom stereocenters. The third-order valence-electron chi connectivity index (χ3n) is 20.7. The summed E-state index contributed by atoms with van der Waals surface area (Å²) in [5.74, 6) is -1.46. The predicted molar refractivity (Wildman–Crippen MR) is 564 cm³/mol. The van der Waals surface area contributed by atoms with E-state index in [1.165, 1.54) is 89.0 Å². The number of aromatic amines is 1. The van der Waals surface area contributed by atoms with E-state index in [1.807, 2.05) is 167 Å². The average molecular weight is 2060 g/mol. The number of carboxylic acid groups (broad SMARTS) is 1. The molecule has 6 heterocycles. The largest absolute Gasteiger partial charge is 1.00 e. The van der Waals surface area contributed by atoms with E-state index in [9.17, 15) is 47.9 Å². The van der Waals surface area contributed by atoms with E-state index in [0.717, 1.165) is 148 Å². The number of halogens is 1. The molecule has 42 heteroatoms. The number of methoxy groups -OCH3 is 2. The molecule has 11 aromatic rings. The Kier molecular flexibility index (Phi) is 68.9. The number of rotatable bonds is 38. The van der Waals surface area contributed by atoms with Gasteiger partial charge in [-0.2, -0.15) is 0 Å². The molecule has 0 fully saturated rings. The van der Waals surface area contributed by atoms with Crippen molar-refractivity contribution in [2.24, 2.45) is 0 Å². The minimum Gasteiger partial charge on any atom is -0.870 e. The Morgan fingerprint density at radius 1 is 0.401 bits per heavy atom. The van der Waals surface area contributed by atoms with Gasteiger partial charge in [-0.15, -0.1) is 0 Å². The minimum atomic E-state index is -1.03. The Bertz CT molecular complexity index is 5540. The van der Waals surface area contributed by atoms with E-state index in [4.69, 9.17) is 42.2 Å². The molecule has 13 N–H and O–H groups in total. The zero-order valence-corrected chi connectivity index (χ0v) is 90.1. The van der Waals surface area contributed by atoms with Crippen molar-refractivity contribution >= 4 is 117 Å². The molecule has 792 valence electrons. The number of H-pyrrole nitrogens is 1. The summed E-state index contributed by atoms with van der Waals surface area (Å²) in [6.45, 7) is 30.6. The molecule has 5 aromatic carbocycles. The number of esters is 5. The van der Waals surface area contributed by atoms with Gasteiger partial charge in [-0.25, -0.2) is 84.3 Å². The number of carbonyl (C=O) groups excluding carboxylic acids is 8. The SMILES string of the molecule is C.CCO.CCOC(=O)c1cnc(=O)[nH]c1.CCOC(=O)c1cnc(Cl)nc1.CCOC(=O)c1cnc(Nc2c(C)cccc2C)nc1.CNCCCCCCC(=O)OC.COC(=O)CCCCCCN(C)C(=O)c1cnc(Nc2c(C)cccc2C)nc1.Cc1cccc(C)c1N.Cc1cccc(C)c1Nc1ncc(C(=O)N(C)CCCCCCC(=O)NO)cn1.Cc1cccc(C)c1Nc1ncc(C(=O)O)cn1.[Na+].[OH-]. The number of aliphatic hydroxyl groups is 1. The first-order chi connectivity index (χ1) is 68.9. The molecular formula is C105H145ClN21NaO19. The second-order valence-corrected chi connectivity index (χ2v) is 32.5. The normalized spacial score (nSPS) is 9.81. The van der Waals surface area contributed by atoms with E-state index in [0.29, 0.717) is 105 Å². The smallest absolute Gasteiger partial charge is 0.870 e. The summed E-state index contributed by atoms with van der Waals surface area (Å²) in [4.78, 5) is 162. The van der Waals surface area contributed by atoms with Gasteiger partial charge in [-0.1, -0.05) is 137 Å². The number of anilines is 9. The van der Waals surface area contributed by atoms with Crippen LogP contribution in [0.2, 0.25) is 5.28 Å². The van der Waals surface area contributed by atoms with Crippen LogP contribution in [0.4, 0.5) is 52.2 Å². The Morgan fingerprint density at radius 2 is 0.667 bits per heavy atom. The van der Waals surface area contributed by atoms with Crippen molar-refractivity contribution in [2.45, 2.75) is 201 Å². The molecule has 40 nitrogen and oxygen atoms in total. The number of nitrogen functional groups attached to an aromatic ring is 1. The van der Waals surface area contributed by atoms with Crippen LogP contribution in [0, 0.1) is 69.2 Å². The van der Waals surface area contributed by atoms with E-state index < -0.39 is 29.6 Å². The number of nitrogens with zero attached hydrogens (tertiary/aromatic N) is 13. The molecule has 0 saturated carbocycles. The monoisotopic (exact) mass is 2060 g/mol. The molecule has 0 aliphatic carbocycles. The predicted octanol–water partition coefficient (Wildman–Crippen LogP) is 14.9. The number of ether oxygens (including phenoxy) is 5. The number of aryl methyl sites for hydroxylation is 10. The number of aliphatic hydroxyl groups excluding tert-OH is 1. The third kappa shape index (κ3) is 52.9. The number of hydrogen-bond acceptors (Lipinski definition) is 35. The van der Waals surface area contributed by atoms with Crippen LogP contribution >= 0.6 is 11.6 Å². The van der Waals surface area contributed by atoms with Gasteiger partial charge in [0, 0.05) is 156 Å². The van der Waals surface area contributed by atoms with E-state index in [1.54, 1.807) is 69.5 Å². The Hall–Kier alpha value is -14.3. The van der Waals surface area contributed by atoms with Crippen LogP contribution in [-0.2, 0) is 38.1 Å². The number of benzene rings is 5. The van der Waals surface area contributed by atoms with Crippen molar-refractivity contribution in [3.8, 4) is 0 Å². The number of para-hydroxylation sites is 5. The molecule has 3 amide bonds. The maximum absolute atomic E-state index is 12.5. The quantitative estimate of drug-likeness (QED) is 0.00250. The third-order valence-corrected chi connectivity index (χ3v) is 20.9. The van der Waals surface area contributed by atoms with Crippen molar-refractivity contribution in [3.63, 3.8) is 0 Å². The van der Waals surface area contributed by atoms with Crippen molar-refractivity contribution in [1.82, 2.24) is 80.4 Å². The molecule has 0 bridgehead atoms. The fraction of sp³-hybridized carbons (Fsp3) is 0.400. The number of unbranched alkanes of at least 4 members (excludes halogenated alkanes) is 9. The molecule has 147 heavy (non-hydrogen) atoms.